The average Bonchev–Trinajstić information content (AvgIpc) is 2.26. The summed E-state index contributed by atoms with van der Waals surface area (Å²) in [7, 11) is 0. The first-order valence-electron chi connectivity index (χ1n) is 6.45. The predicted molar refractivity (Wildman–Crippen MR) is 69.1 cm³/mol. The molecule has 0 bridgehead atoms. The van der Waals surface area contributed by atoms with Crippen LogP contribution in [0.5, 0.6) is 0 Å². The predicted octanol–water partition coefficient (Wildman–Crippen LogP) is 3.03. The molecular weight excluding hydrogens is 215 g/mol. The fraction of sp³-hybridized carbons (Fsp3) is 0.571. The minimum absolute atomic E-state index is 0.232. The van der Waals surface area contributed by atoms with Crippen LogP contribution in [-0.2, 0) is 6.54 Å². The quantitative estimate of drug-likeness (QED) is 0.796. The van der Waals surface area contributed by atoms with Gasteiger partial charge >= 0.3 is 0 Å². The minimum atomic E-state index is -0.304. The molecule has 0 aromatic heterocycles. The summed E-state index contributed by atoms with van der Waals surface area (Å²) in [5.41, 5.74) is 6.72. The molecule has 1 aromatic carbocycles. The van der Waals surface area contributed by atoms with E-state index in [-0.39, 0.29) is 11.5 Å². The van der Waals surface area contributed by atoms with Gasteiger partial charge in [-0.25, -0.2) is 4.39 Å². The summed E-state index contributed by atoms with van der Waals surface area (Å²) in [6.07, 6.45) is 4.08. The molecule has 1 aliphatic carbocycles. The Morgan fingerprint density at radius 2 is 2.18 bits per heavy atom. The monoisotopic (exact) mass is 236 g/mol. The van der Waals surface area contributed by atoms with Gasteiger partial charge in [0.1, 0.15) is 5.82 Å². The van der Waals surface area contributed by atoms with Gasteiger partial charge in [0.2, 0.25) is 0 Å². The maximum Gasteiger partial charge on any atom is 0.146 e. The first-order valence-corrected chi connectivity index (χ1v) is 6.45. The van der Waals surface area contributed by atoms with Crippen molar-refractivity contribution in [2.24, 2.45) is 5.92 Å². The largest absolute Gasteiger partial charge is 0.396 e. The molecule has 1 fully saturated rings. The Labute approximate surface area is 103 Å². The fourth-order valence-corrected chi connectivity index (χ4v) is 2.27. The second-order valence-corrected chi connectivity index (χ2v) is 4.98. The highest BCUT2D eigenvalue weighted by Crippen LogP contribution is 2.27. The van der Waals surface area contributed by atoms with Crippen LogP contribution in [0, 0.1) is 11.7 Å². The lowest BCUT2D eigenvalue weighted by Gasteiger charge is -2.31. The maximum absolute atomic E-state index is 13.3. The molecule has 0 amide bonds. The average molecular weight is 236 g/mol. The van der Waals surface area contributed by atoms with Gasteiger partial charge in [0.25, 0.3) is 0 Å². The van der Waals surface area contributed by atoms with Gasteiger partial charge in [-0.05, 0) is 43.0 Å². The Bertz CT molecular complexity index is 374. The summed E-state index contributed by atoms with van der Waals surface area (Å²) < 4.78 is 13.3. The third-order valence-corrected chi connectivity index (χ3v) is 3.66. The zero-order valence-corrected chi connectivity index (χ0v) is 10.5. The van der Waals surface area contributed by atoms with Crippen LogP contribution in [-0.4, -0.2) is 18.0 Å². The van der Waals surface area contributed by atoms with Gasteiger partial charge in [0.15, 0.2) is 0 Å². The van der Waals surface area contributed by atoms with Crippen molar-refractivity contribution >= 4 is 5.69 Å². The van der Waals surface area contributed by atoms with Crippen molar-refractivity contribution in [1.29, 1.82) is 0 Å². The van der Waals surface area contributed by atoms with Gasteiger partial charge < -0.3 is 5.73 Å². The van der Waals surface area contributed by atoms with Crippen molar-refractivity contribution in [1.82, 2.24) is 4.90 Å². The van der Waals surface area contributed by atoms with Crippen LogP contribution < -0.4 is 5.73 Å². The Kier molecular flexibility index (Phi) is 4.00. The van der Waals surface area contributed by atoms with Crippen molar-refractivity contribution in [3.8, 4) is 0 Å². The van der Waals surface area contributed by atoms with Crippen LogP contribution in [0.2, 0.25) is 0 Å². The number of halogens is 1. The molecule has 2 rings (SSSR count). The minimum Gasteiger partial charge on any atom is -0.396 e. The lowest BCUT2D eigenvalue weighted by Crippen LogP contribution is -2.32. The number of anilines is 1. The second kappa shape index (κ2) is 5.50. The molecule has 2 nitrogen and oxygen atoms in total. The molecule has 0 radical (unpaired) electrons. The lowest BCUT2D eigenvalue weighted by molar-refractivity contribution is 0.178. The lowest BCUT2D eigenvalue weighted by atomic mass is 9.85. The van der Waals surface area contributed by atoms with Gasteiger partial charge in [0.05, 0.1) is 5.69 Å². The van der Waals surface area contributed by atoms with Crippen LogP contribution in [0.1, 0.15) is 31.7 Å². The van der Waals surface area contributed by atoms with E-state index in [4.69, 9.17) is 5.73 Å². The first kappa shape index (κ1) is 12.4. The van der Waals surface area contributed by atoms with Crippen molar-refractivity contribution in [3.63, 3.8) is 0 Å². The Balaban J connectivity index is 1.94. The van der Waals surface area contributed by atoms with E-state index in [0.29, 0.717) is 0 Å². The molecule has 17 heavy (non-hydrogen) atoms. The molecule has 1 aliphatic rings. The van der Waals surface area contributed by atoms with Crippen molar-refractivity contribution in [2.75, 3.05) is 18.8 Å². The molecule has 0 aliphatic heterocycles. The van der Waals surface area contributed by atoms with Crippen LogP contribution in [0.4, 0.5) is 10.1 Å². The van der Waals surface area contributed by atoms with E-state index >= 15 is 0 Å². The van der Waals surface area contributed by atoms with Gasteiger partial charge in [-0.15, -0.1) is 0 Å². The van der Waals surface area contributed by atoms with Crippen molar-refractivity contribution in [2.45, 2.75) is 32.7 Å². The number of benzene rings is 1. The van der Waals surface area contributed by atoms with E-state index in [9.17, 15) is 4.39 Å². The van der Waals surface area contributed by atoms with E-state index in [1.165, 1.54) is 19.3 Å². The molecule has 1 aromatic rings. The summed E-state index contributed by atoms with van der Waals surface area (Å²) in [6.45, 7) is 5.14. The maximum atomic E-state index is 13.3. The number of nitrogens with two attached hydrogens (primary N) is 1. The molecule has 0 heterocycles. The zero-order valence-electron chi connectivity index (χ0n) is 10.5. The van der Waals surface area contributed by atoms with E-state index in [0.717, 1.165) is 31.1 Å². The van der Waals surface area contributed by atoms with Gasteiger partial charge in [-0.1, -0.05) is 19.4 Å². The summed E-state index contributed by atoms with van der Waals surface area (Å²) in [4.78, 5) is 2.38. The standard InChI is InChI=1S/C14H21FN2/c1-2-17(9-11-4-3-5-11)10-12-6-7-14(16)13(15)8-12/h6-8,11H,2-5,9-10,16H2,1H3. The number of hydrogen-bond acceptors (Lipinski definition) is 2. The van der Waals surface area contributed by atoms with E-state index in [1.807, 2.05) is 6.07 Å². The highest BCUT2D eigenvalue weighted by Gasteiger charge is 2.20. The van der Waals surface area contributed by atoms with Crippen LogP contribution >= 0.6 is 0 Å². The zero-order chi connectivity index (χ0) is 12.3. The smallest absolute Gasteiger partial charge is 0.146 e. The third kappa shape index (κ3) is 3.19. The third-order valence-electron chi connectivity index (χ3n) is 3.66. The summed E-state index contributed by atoms with van der Waals surface area (Å²) in [5, 5.41) is 0. The normalized spacial score (nSPS) is 16.2. The van der Waals surface area contributed by atoms with Crippen molar-refractivity contribution < 1.29 is 4.39 Å². The topological polar surface area (TPSA) is 29.3 Å². The Morgan fingerprint density at radius 3 is 2.71 bits per heavy atom. The van der Waals surface area contributed by atoms with Crippen LogP contribution in [0.15, 0.2) is 18.2 Å². The molecule has 0 atom stereocenters. The second-order valence-electron chi connectivity index (χ2n) is 4.98. The molecular formula is C14H21FN2. The molecule has 0 unspecified atom stereocenters. The van der Waals surface area contributed by atoms with Gasteiger partial charge in [-0.2, -0.15) is 0 Å². The van der Waals surface area contributed by atoms with E-state index < -0.39 is 0 Å². The SMILES string of the molecule is CCN(Cc1ccc(N)c(F)c1)CC1CCC1. The molecule has 3 heteroatoms. The van der Waals surface area contributed by atoms with Crippen LogP contribution in [0.25, 0.3) is 0 Å². The van der Waals surface area contributed by atoms with Crippen LogP contribution in [0.3, 0.4) is 0 Å². The number of rotatable bonds is 5. The molecule has 0 saturated heterocycles. The van der Waals surface area contributed by atoms with E-state index in [1.54, 1.807) is 12.1 Å². The molecule has 0 spiro atoms. The summed E-state index contributed by atoms with van der Waals surface area (Å²) >= 11 is 0. The van der Waals surface area contributed by atoms with Crippen molar-refractivity contribution in [3.05, 3.63) is 29.6 Å². The molecule has 1 saturated carbocycles. The number of nitrogens with zero attached hydrogens (tertiary/aromatic N) is 1. The number of hydrogen-bond donors (Lipinski definition) is 1. The fourth-order valence-electron chi connectivity index (χ4n) is 2.27. The van der Waals surface area contributed by atoms with Gasteiger partial charge in [0, 0.05) is 13.1 Å². The van der Waals surface area contributed by atoms with E-state index in [2.05, 4.69) is 11.8 Å². The molecule has 2 N–H and O–H groups in total. The summed E-state index contributed by atoms with van der Waals surface area (Å²) in [5.74, 6) is 0.552. The summed E-state index contributed by atoms with van der Waals surface area (Å²) in [6, 6.07) is 5.13. The Morgan fingerprint density at radius 1 is 1.41 bits per heavy atom. The first-order chi connectivity index (χ1) is 8.19. The number of nitrogen functional groups attached to an aromatic ring is 1. The van der Waals surface area contributed by atoms with Gasteiger partial charge in [-0.3, -0.25) is 4.90 Å². The highest BCUT2D eigenvalue weighted by molar-refractivity contribution is 5.41. The Hall–Kier alpha value is -1.09. The highest BCUT2D eigenvalue weighted by atomic mass is 19.1. The molecule has 94 valence electrons.